The summed E-state index contributed by atoms with van der Waals surface area (Å²) in [5.41, 5.74) is -0.309. The molecule has 0 spiro atoms. The van der Waals surface area contributed by atoms with Gasteiger partial charge in [0.2, 0.25) is 0 Å². The molecule has 19 heavy (non-hydrogen) atoms. The van der Waals surface area contributed by atoms with Gasteiger partial charge >= 0.3 is 12.6 Å². The molecule has 0 radical (unpaired) electrons. The second-order valence-electron chi connectivity index (χ2n) is 3.23. The fraction of sp³-hybridized carbons (Fsp3) is 0.333. The van der Waals surface area contributed by atoms with Gasteiger partial charge in [-0.3, -0.25) is 0 Å². The minimum atomic E-state index is -3.08. The van der Waals surface area contributed by atoms with E-state index in [1.807, 2.05) is 0 Å². The molecule has 0 aliphatic carbocycles. The number of hydrogen-bond donors (Lipinski definition) is 0. The van der Waals surface area contributed by atoms with E-state index in [9.17, 15) is 13.6 Å². The number of nitrogens with zero attached hydrogens (tertiary/aromatic N) is 1. The number of methoxy groups -OCH3 is 1. The second-order valence-corrected chi connectivity index (χ2v) is 3.23. The van der Waals surface area contributed by atoms with Crippen molar-refractivity contribution in [3.05, 3.63) is 23.3 Å². The quantitative estimate of drug-likeness (QED) is 0.769. The van der Waals surface area contributed by atoms with Crippen molar-refractivity contribution in [2.45, 2.75) is 13.5 Å². The third-order valence-electron chi connectivity index (χ3n) is 2.15. The van der Waals surface area contributed by atoms with E-state index in [0.717, 1.165) is 6.07 Å². The van der Waals surface area contributed by atoms with Crippen molar-refractivity contribution in [3.63, 3.8) is 0 Å². The van der Waals surface area contributed by atoms with Crippen LogP contribution in [0.5, 0.6) is 11.5 Å². The van der Waals surface area contributed by atoms with Gasteiger partial charge < -0.3 is 14.2 Å². The van der Waals surface area contributed by atoms with Crippen LogP contribution >= 0.6 is 0 Å². The van der Waals surface area contributed by atoms with Gasteiger partial charge in [-0.2, -0.15) is 14.0 Å². The van der Waals surface area contributed by atoms with E-state index in [1.165, 1.54) is 13.2 Å². The number of benzene rings is 1. The molecule has 0 fully saturated rings. The Morgan fingerprint density at radius 2 is 2.16 bits per heavy atom. The highest BCUT2D eigenvalue weighted by atomic mass is 19.3. The smallest absolute Gasteiger partial charge is 0.387 e. The summed E-state index contributed by atoms with van der Waals surface area (Å²) in [4.78, 5) is 11.6. The van der Waals surface area contributed by atoms with Crippen molar-refractivity contribution in [1.29, 1.82) is 5.26 Å². The summed E-state index contributed by atoms with van der Waals surface area (Å²) in [6.07, 6.45) is 0. The maximum Gasteiger partial charge on any atom is 0.387 e. The van der Waals surface area contributed by atoms with Crippen LogP contribution in [0.15, 0.2) is 12.1 Å². The molecule has 0 atom stereocenters. The molecule has 0 amide bonds. The van der Waals surface area contributed by atoms with Gasteiger partial charge in [-0.1, -0.05) is 0 Å². The fourth-order valence-corrected chi connectivity index (χ4v) is 1.45. The first-order chi connectivity index (χ1) is 9.04. The molecule has 1 rings (SSSR count). The molecular weight excluding hydrogens is 260 g/mol. The standard InChI is InChI=1S/C12H11F2NO4/c1-3-18-11(16)7-4-5-9(19-12(13)14)8(6-15)10(7)17-2/h4-5,12H,3H2,1-2H3. The largest absolute Gasteiger partial charge is 0.494 e. The van der Waals surface area contributed by atoms with Crippen LogP contribution in [0, 0.1) is 11.3 Å². The van der Waals surface area contributed by atoms with Crippen molar-refractivity contribution in [2.24, 2.45) is 0 Å². The Hall–Kier alpha value is -2.36. The molecular formula is C12H11F2NO4. The van der Waals surface area contributed by atoms with Crippen LogP contribution in [-0.2, 0) is 4.74 Å². The lowest BCUT2D eigenvalue weighted by atomic mass is 10.1. The molecule has 0 N–H and O–H groups in total. The van der Waals surface area contributed by atoms with Crippen molar-refractivity contribution in [2.75, 3.05) is 13.7 Å². The van der Waals surface area contributed by atoms with Gasteiger partial charge in [0, 0.05) is 0 Å². The molecule has 0 aliphatic rings. The Morgan fingerprint density at radius 3 is 2.63 bits per heavy atom. The minimum Gasteiger partial charge on any atom is -0.494 e. The highest BCUT2D eigenvalue weighted by molar-refractivity contribution is 5.94. The Bertz CT molecular complexity index is 511. The zero-order valence-electron chi connectivity index (χ0n) is 10.3. The molecule has 0 aliphatic heterocycles. The van der Waals surface area contributed by atoms with E-state index in [2.05, 4.69) is 4.74 Å². The number of alkyl halides is 2. The number of halogens is 2. The monoisotopic (exact) mass is 271 g/mol. The molecule has 0 saturated carbocycles. The minimum absolute atomic E-state index is 0.0254. The average molecular weight is 271 g/mol. The SMILES string of the molecule is CCOC(=O)c1ccc(OC(F)F)c(C#N)c1OC. The Labute approximate surface area is 108 Å². The number of hydrogen-bond acceptors (Lipinski definition) is 5. The first kappa shape index (κ1) is 14.7. The lowest BCUT2D eigenvalue weighted by molar-refractivity contribution is -0.0501. The number of rotatable bonds is 5. The second kappa shape index (κ2) is 6.54. The average Bonchev–Trinajstić information content (AvgIpc) is 2.37. The number of nitriles is 1. The summed E-state index contributed by atoms with van der Waals surface area (Å²) >= 11 is 0. The van der Waals surface area contributed by atoms with Gasteiger partial charge in [-0.05, 0) is 19.1 Å². The summed E-state index contributed by atoms with van der Waals surface area (Å²) in [6.45, 7) is -1.33. The molecule has 5 nitrogen and oxygen atoms in total. The summed E-state index contributed by atoms with van der Waals surface area (Å²) < 4.78 is 38.2. The Morgan fingerprint density at radius 1 is 1.47 bits per heavy atom. The lowest BCUT2D eigenvalue weighted by Gasteiger charge is -2.13. The molecule has 1 aromatic rings. The predicted octanol–water partition coefficient (Wildman–Crippen LogP) is 2.34. The van der Waals surface area contributed by atoms with Crippen LogP contribution in [0.1, 0.15) is 22.8 Å². The van der Waals surface area contributed by atoms with Gasteiger partial charge in [0.05, 0.1) is 13.7 Å². The Kier molecular flexibility index (Phi) is 5.06. The Balaban J connectivity index is 3.31. The van der Waals surface area contributed by atoms with Crippen LogP contribution in [0.25, 0.3) is 0 Å². The van der Waals surface area contributed by atoms with Gasteiger partial charge in [-0.25, -0.2) is 4.79 Å². The molecule has 0 unspecified atom stereocenters. The van der Waals surface area contributed by atoms with Gasteiger partial charge in [0.25, 0.3) is 0 Å². The van der Waals surface area contributed by atoms with Crippen LogP contribution in [-0.4, -0.2) is 26.3 Å². The predicted molar refractivity (Wildman–Crippen MR) is 60.3 cm³/mol. The number of ether oxygens (including phenoxy) is 3. The first-order valence-corrected chi connectivity index (χ1v) is 5.28. The topological polar surface area (TPSA) is 68.5 Å². The highest BCUT2D eigenvalue weighted by Gasteiger charge is 2.22. The summed E-state index contributed by atoms with van der Waals surface area (Å²) in [5, 5.41) is 8.97. The summed E-state index contributed by atoms with van der Waals surface area (Å²) in [7, 11) is 1.21. The molecule has 102 valence electrons. The number of carbonyl (C=O) groups is 1. The van der Waals surface area contributed by atoms with Crippen LogP contribution in [0.3, 0.4) is 0 Å². The third kappa shape index (κ3) is 3.31. The summed E-state index contributed by atoms with van der Waals surface area (Å²) in [6, 6.07) is 3.97. The lowest BCUT2D eigenvalue weighted by Crippen LogP contribution is -2.10. The zero-order chi connectivity index (χ0) is 14.4. The fourth-order valence-electron chi connectivity index (χ4n) is 1.45. The third-order valence-corrected chi connectivity index (χ3v) is 2.15. The molecule has 0 aromatic heterocycles. The van der Waals surface area contributed by atoms with E-state index < -0.39 is 12.6 Å². The van der Waals surface area contributed by atoms with E-state index >= 15 is 0 Å². The van der Waals surface area contributed by atoms with Crippen molar-refractivity contribution >= 4 is 5.97 Å². The van der Waals surface area contributed by atoms with E-state index in [1.54, 1.807) is 13.0 Å². The normalized spacial score (nSPS) is 9.89. The molecule has 1 aromatic carbocycles. The summed E-state index contributed by atoms with van der Waals surface area (Å²) in [5.74, 6) is -1.22. The van der Waals surface area contributed by atoms with Crippen molar-refractivity contribution in [3.8, 4) is 17.6 Å². The van der Waals surface area contributed by atoms with E-state index in [-0.39, 0.29) is 29.2 Å². The zero-order valence-corrected chi connectivity index (χ0v) is 10.3. The van der Waals surface area contributed by atoms with E-state index in [4.69, 9.17) is 14.7 Å². The maximum absolute atomic E-state index is 12.2. The van der Waals surface area contributed by atoms with Crippen LogP contribution in [0.2, 0.25) is 0 Å². The first-order valence-electron chi connectivity index (χ1n) is 5.28. The van der Waals surface area contributed by atoms with Crippen molar-refractivity contribution in [1.82, 2.24) is 0 Å². The molecule has 0 bridgehead atoms. The molecule has 7 heteroatoms. The van der Waals surface area contributed by atoms with Gasteiger partial charge in [0.15, 0.2) is 5.75 Å². The highest BCUT2D eigenvalue weighted by Crippen LogP contribution is 2.32. The van der Waals surface area contributed by atoms with Crippen molar-refractivity contribution < 1.29 is 27.8 Å². The molecule has 0 heterocycles. The molecule has 0 saturated heterocycles. The number of carbonyl (C=O) groups excluding carboxylic acids is 1. The van der Waals surface area contributed by atoms with E-state index in [0.29, 0.717) is 0 Å². The van der Waals surface area contributed by atoms with Crippen LogP contribution < -0.4 is 9.47 Å². The van der Waals surface area contributed by atoms with Gasteiger partial charge in [-0.15, -0.1) is 0 Å². The van der Waals surface area contributed by atoms with Crippen LogP contribution in [0.4, 0.5) is 8.78 Å². The number of esters is 1. The van der Waals surface area contributed by atoms with Gasteiger partial charge in [0.1, 0.15) is 22.9 Å². The maximum atomic E-state index is 12.2.